The summed E-state index contributed by atoms with van der Waals surface area (Å²) in [5, 5.41) is 7.60. The maximum absolute atomic E-state index is 13.1. The molecular formula is C20H15ClN4O3. The van der Waals surface area contributed by atoms with Crippen molar-refractivity contribution in [1.82, 2.24) is 14.7 Å². The first kappa shape index (κ1) is 17.9. The normalized spacial score (nSPS) is 10.9. The quantitative estimate of drug-likeness (QED) is 0.570. The number of benzene rings is 1. The van der Waals surface area contributed by atoms with Gasteiger partial charge in [-0.1, -0.05) is 28.9 Å². The van der Waals surface area contributed by atoms with Crippen molar-refractivity contribution >= 4 is 34.4 Å². The Hall–Kier alpha value is -3.45. The van der Waals surface area contributed by atoms with Crippen molar-refractivity contribution in [2.45, 2.75) is 13.5 Å². The highest BCUT2D eigenvalue weighted by Crippen LogP contribution is 2.16. The van der Waals surface area contributed by atoms with Crippen molar-refractivity contribution in [3.8, 4) is 0 Å². The summed E-state index contributed by atoms with van der Waals surface area (Å²) in [7, 11) is 0. The second-order valence-electron chi connectivity index (χ2n) is 6.27. The first-order valence-electron chi connectivity index (χ1n) is 8.49. The number of hydrogen-bond donors (Lipinski definition) is 1. The van der Waals surface area contributed by atoms with Gasteiger partial charge in [-0.15, -0.1) is 0 Å². The Labute approximate surface area is 164 Å². The topological polar surface area (TPSA) is 90.0 Å². The lowest BCUT2D eigenvalue weighted by molar-refractivity contribution is 0.102. The molecule has 0 bridgehead atoms. The van der Waals surface area contributed by atoms with Crippen LogP contribution in [0.1, 0.15) is 21.7 Å². The summed E-state index contributed by atoms with van der Waals surface area (Å²) in [4.78, 5) is 30.1. The molecule has 0 saturated heterocycles. The highest BCUT2D eigenvalue weighted by molar-refractivity contribution is 6.30. The van der Waals surface area contributed by atoms with Crippen LogP contribution in [0.4, 0.5) is 5.82 Å². The number of amides is 1. The van der Waals surface area contributed by atoms with Gasteiger partial charge in [-0.3, -0.25) is 14.2 Å². The molecule has 0 aliphatic rings. The molecule has 4 aromatic rings. The van der Waals surface area contributed by atoms with Gasteiger partial charge in [0.1, 0.15) is 17.0 Å². The summed E-state index contributed by atoms with van der Waals surface area (Å²) in [6.45, 7) is 1.97. The Bertz CT molecular complexity index is 1230. The van der Waals surface area contributed by atoms with Crippen LogP contribution in [0, 0.1) is 6.92 Å². The Morgan fingerprint density at radius 1 is 1.21 bits per heavy atom. The van der Waals surface area contributed by atoms with E-state index >= 15 is 0 Å². The number of aryl methyl sites for hydroxylation is 1. The van der Waals surface area contributed by atoms with Crippen LogP contribution in [0.25, 0.3) is 11.0 Å². The van der Waals surface area contributed by atoms with Gasteiger partial charge in [0.2, 0.25) is 0 Å². The summed E-state index contributed by atoms with van der Waals surface area (Å²) in [6, 6.07) is 13.8. The molecule has 3 heterocycles. The molecule has 28 heavy (non-hydrogen) atoms. The molecule has 0 saturated carbocycles. The SMILES string of the molecule is Cc1cc(NC(=O)c2cc3cccnc3n(Cc3ccc(Cl)cc3)c2=O)no1. The second kappa shape index (κ2) is 7.28. The first-order valence-corrected chi connectivity index (χ1v) is 8.87. The predicted molar refractivity (Wildman–Crippen MR) is 106 cm³/mol. The maximum atomic E-state index is 13.1. The second-order valence-corrected chi connectivity index (χ2v) is 6.71. The minimum absolute atomic E-state index is 0.00452. The Kier molecular flexibility index (Phi) is 4.67. The van der Waals surface area contributed by atoms with Gasteiger partial charge in [0.05, 0.1) is 6.54 Å². The number of rotatable bonds is 4. The molecule has 0 fully saturated rings. The molecule has 0 spiro atoms. The van der Waals surface area contributed by atoms with Crippen LogP contribution in [0.3, 0.4) is 0 Å². The largest absolute Gasteiger partial charge is 0.360 e. The number of hydrogen-bond acceptors (Lipinski definition) is 5. The number of aromatic nitrogens is 3. The van der Waals surface area contributed by atoms with Gasteiger partial charge in [-0.05, 0) is 42.8 Å². The van der Waals surface area contributed by atoms with Crippen LogP contribution in [-0.4, -0.2) is 20.6 Å². The summed E-state index contributed by atoms with van der Waals surface area (Å²) in [5.41, 5.74) is 0.911. The average Bonchev–Trinajstić information content (AvgIpc) is 3.10. The van der Waals surface area contributed by atoms with E-state index in [9.17, 15) is 9.59 Å². The van der Waals surface area contributed by atoms with Gasteiger partial charge in [-0.25, -0.2) is 4.98 Å². The zero-order valence-corrected chi connectivity index (χ0v) is 15.6. The first-order chi connectivity index (χ1) is 13.5. The highest BCUT2D eigenvalue weighted by Gasteiger charge is 2.18. The molecule has 0 unspecified atom stereocenters. The number of halogens is 1. The smallest absolute Gasteiger partial charge is 0.265 e. The van der Waals surface area contributed by atoms with Crippen molar-refractivity contribution in [3.63, 3.8) is 0 Å². The van der Waals surface area contributed by atoms with Crippen LogP contribution in [0.15, 0.2) is 64.0 Å². The molecule has 1 amide bonds. The van der Waals surface area contributed by atoms with E-state index in [1.807, 2.05) is 12.1 Å². The lowest BCUT2D eigenvalue weighted by Crippen LogP contribution is -2.30. The van der Waals surface area contributed by atoms with Crippen molar-refractivity contribution in [3.05, 3.63) is 87.0 Å². The maximum Gasteiger partial charge on any atom is 0.265 e. The Morgan fingerprint density at radius 3 is 2.71 bits per heavy atom. The Morgan fingerprint density at radius 2 is 2.00 bits per heavy atom. The van der Waals surface area contributed by atoms with Crippen molar-refractivity contribution in [2.24, 2.45) is 0 Å². The third kappa shape index (κ3) is 3.52. The molecule has 0 atom stereocenters. The lowest BCUT2D eigenvalue weighted by Gasteiger charge is -2.12. The van der Waals surface area contributed by atoms with Gasteiger partial charge < -0.3 is 9.84 Å². The van der Waals surface area contributed by atoms with E-state index in [0.717, 1.165) is 5.56 Å². The van der Waals surface area contributed by atoms with Gasteiger partial charge in [0.15, 0.2) is 5.82 Å². The van der Waals surface area contributed by atoms with E-state index in [2.05, 4.69) is 15.5 Å². The fourth-order valence-electron chi connectivity index (χ4n) is 2.90. The fourth-order valence-corrected chi connectivity index (χ4v) is 3.02. The van der Waals surface area contributed by atoms with Crippen LogP contribution >= 0.6 is 11.6 Å². The molecule has 3 aromatic heterocycles. The third-order valence-electron chi connectivity index (χ3n) is 4.22. The zero-order valence-electron chi connectivity index (χ0n) is 14.8. The molecule has 0 aliphatic heterocycles. The minimum atomic E-state index is -0.561. The number of carbonyl (C=O) groups excluding carboxylic acids is 1. The monoisotopic (exact) mass is 394 g/mol. The number of nitrogens with one attached hydrogen (secondary N) is 1. The van der Waals surface area contributed by atoms with Gasteiger partial charge in [0, 0.05) is 22.7 Å². The molecule has 1 N–H and O–H groups in total. The summed E-state index contributed by atoms with van der Waals surface area (Å²) >= 11 is 5.94. The number of fused-ring (bicyclic) bond motifs is 1. The standard InChI is InChI=1S/C20H15ClN4O3/c1-12-9-17(24-28-12)23-19(26)16-10-14-3-2-8-22-18(14)25(20(16)27)11-13-4-6-15(21)7-5-13/h2-10H,11H2,1H3,(H,23,24,26). The molecular weight excluding hydrogens is 380 g/mol. The molecule has 8 heteroatoms. The van der Waals surface area contributed by atoms with Gasteiger partial charge in [-0.2, -0.15) is 0 Å². The van der Waals surface area contributed by atoms with Gasteiger partial charge in [0.25, 0.3) is 11.5 Å². The summed E-state index contributed by atoms with van der Waals surface area (Å²) in [6.07, 6.45) is 1.61. The van der Waals surface area contributed by atoms with Crippen molar-refractivity contribution in [2.75, 3.05) is 5.32 Å². The van der Waals surface area contributed by atoms with Crippen LogP contribution < -0.4 is 10.9 Å². The molecule has 7 nitrogen and oxygen atoms in total. The van der Waals surface area contributed by atoms with Crippen LogP contribution in [0.5, 0.6) is 0 Å². The molecule has 140 valence electrons. The van der Waals surface area contributed by atoms with E-state index in [4.69, 9.17) is 16.1 Å². The molecule has 4 rings (SSSR count). The average molecular weight is 395 g/mol. The fraction of sp³-hybridized carbons (Fsp3) is 0.100. The highest BCUT2D eigenvalue weighted by atomic mass is 35.5. The van der Waals surface area contributed by atoms with E-state index in [1.54, 1.807) is 43.5 Å². The van der Waals surface area contributed by atoms with E-state index in [1.165, 1.54) is 10.6 Å². The van der Waals surface area contributed by atoms with Crippen LogP contribution in [-0.2, 0) is 6.54 Å². The molecule has 0 radical (unpaired) electrons. The van der Waals surface area contributed by atoms with E-state index < -0.39 is 11.5 Å². The summed E-state index contributed by atoms with van der Waals surface area (Å²) in [5.74, 6) is 0.240. The van der Waals surface area contributed by atoms with E-state index in [0.29, 0.717) is 21.8 Å². The Balaban J connectivity index is 1.79. The third-order valence-corrected chi connectivity index (χ3v) is 4.47. The number of nitrogens with zero attached hydrogens (tertiary/aromatic N) is 3. The van der Waals surface area contributed by atoms with Gasteiger partial charge >= 0.3 is 0 Å². The number of anilines is 1. The number of carbonyl (C=O) groups is 1. The molecule has 1 aromatic carbocycles. The number of pyridine rings is 2. The van der Waals surface area contributed by atoms with Crippen molar-refractivity contribution in [1.29, 1.82) is 0 Å². The minimum Gasteiger partial charge on any atom is -0.360 e. The van der Waals surface area contributed by atoms with E-state index in [-0.39, 0.29) is 17.9 Å². The zero-order chi connectivity index (χ0) is 19.7. The summed E-state index contributed by atoms with van der Waals surface area (Å²) < 4.78 is 6.42. The lowest BCUT2D eigenvalue weighted by atomic mass is 10.1. The molecule has 0 aliphatic carbocycles. The van der Waals surface area contributed by atoms with Crippen molar-refractivity contribution < 1.29 is 9.32 Å². The van der Waals surface area contributed by atoms with Crippen LogP contribution in [0.2, 0.25) is 5.02 Å². The predicted octanol–water partition coefficient (Wildman–Crippen LogP) is 3.65.